The van der Waals surface area contributed by atoms with Crippen molar-refractivity contribution >= 4 is 45.0 Å². The first-order valence-corrected chi connectivity index (χ1v) is 11.4. The van der Waals surface area contributed by atoms with Crippen LogP contribution < -0.4 is 24.3 Å². The minimum absolute atomic E-state index is 0.0836. The molecule has 8 heteroatoms. The van der Waals surface area contributed by atoms with Crippen LogP contribution in [-0.4, -0.2) is 29.7 Å². The van der Waals surface area contributed by atoms with Gasteiger partial charge in [0.1, 0.15) is 19.0 Å². The van der Waals surface area contributed by atoms with E-state index >= 15 is 0 Å². The maximum atomic E-state index is 13.0. The Hall–Kier alpha value is -3.55. The lowest BCUT2D eigenvalue weighted by Crippen LogP contribution is -2.22. The number of nitrogens with zero attached hydrogens (tertiary/aromatic N) is 2. The minimum atomic E-state index is -0.0836. The molecule has 6 nitrogen and oxygen atoms in total. The van der Waals surface area contributed by atoms with Gasteiger partial charge in [-0.05, 0) is 48.0 Å². The van der Waals surface area contributed by atoms with Crippen LogP contribution in [0.25, 0.3) is 22.1 Å². The molecular weight excluding hydrogens is 460 g/mol. The summed E-state index contributed by atoms with van der Waals surface area (Å²) in [5.74, 6) is 1.77. The molecule has 0 atom stereocenters. The molecule has 0 saturated heterocycles. The average molecular weight is 479 g/mol. The van der Waals surface area contributed by atoms with E-state index in [9.17, 15) is 4.79 Å². The topological polar surface area (TPSA) is 62.1 Å². The molecule has 0 saturated carbocycles. The van der Waals surface area contributed by atoms with Gasteiger partial charge in [0.2, 0.25) is 0 Å². The van der Waals surface area contributed by atoms with Crippen molar-refractivity contribution in [2.24, 2.45) is 0 Å². The Labute approximate surface area is 198 Å². The number of aromatic nitrogens is 2. The summed E-state index contributed by atoms with van der Waals surface area (Å²) in [6, 6.07) is 20.5. The first-order valence-electron chi connectivity index (χ1n) is 10.2. The summed E-state index contributed by atoms with van der Waals surface area (Å²) >= 11 is 7.46. The lowest BCUT2D eigenvalue weighted by atomic mass is 10.2. The van der Waals surface area contributed by atoms with Gasteiger partial charge in [-0.1, -0.05) is 53.3 Å². The van der Waals surface area contributed by atoms with Gasteiger partial charge in [-0.3, -0.25) is 4.79 Å². The fourth-order valence-corrected chi connectivity index (χ4v) is 4.70. The Morgan fingerprint density at radius 2 is 1.73 bits per heavy atom. The van der Waals surface area contributed by atoms with E-state index in [4.69, 9.17) is 25.8 Å². The third-order valence-electron chi connectivity index (χ3n) is 5.07. The molecule has 3 aromatic carbocycles. The van der Waals surface area contributed by atoms with E-state index in [1.165, 1.54) is 11.3 Å². The van der Waals surface area contributed by atoms with Gasteiger partial charge in [0, 0.05) is 0 Å². The van der Waals surface area contributed by atoms with E-state index in [0.717, 1.165) is 16.6 Å². The molecule has 33 heavy (non-hydrogen) atoms. The second kappa shape index (κ2) is 9.13. The number of imidazole rings is 1. The Balaban J connectivity index is 1.35. The molecule has 0 unspecified atom stereocenters. The molecule has 2 aromatic heterocycles. The third kappa shape index (κ3) is 4.25. The highest BCUT2D eigenvalue weighted by atomic mass is 35.5. The van der Waals surface area contributed by atoms with Crippen LogP contribution in [-0.2, 0) is 0 Å². The Bertz CT molecular complexity index is 1560. The van der Waals surface area contributed by atoms with E-state index < -0.39 is 0 Å². The number of thiazole rings is 1. The van der Waals surface area contributed by atoms with Crippen molar-refractivity contribution in [3.8, 4) is 17.2 Å². The van der Waals surface area contributed by atoms with Crippen LogP contribution in [0.5, 0.6) is 17.2 Å². The summed E-state index contributed by atoms with van der Waals surface area (Å²) in [4.78, 5) is 18.2. The van der Waals surface area contributed by atoms with Crippen LogP contribution in [0.4, 0.5) is 0 Å². The van der Waals surface area contributed by atoms with Crippen LogP contribution in [0.3, 0.4) is 0 Å². The first kappa shape index (κ1) is 21.3. The Kier molecular flexibility index (Phi) is 5.90. The van der Waals surface area contributed by atoms with Gasteiger partial charge in [0.25, 0.3) is 5.56 Å². The van der Waals surface area contributed by atoms with Gasteiger partial charge in [-0.15, -0.1) is 0 Å². The largest absolute Gasteiger partial charge is 0.493 e. The monoisotopic (exact) mass is 478 g/mol. The first-order chi connectivity index (χ1) is 16.1. The van der Waals surface area contributed by atoms with E-state index in [2.05, 4.69) is 4.98 Å². The lowest BCUT2D eigenvalue weighted by molar-refractivity contribution is 0.211. The molecule has 0 bridgehead atoms. The van der Waals surface area contributed by atoms with Gasteiger partial charge in [0.15, 0.2) is 16.5 Å². The zero-order valence-electron chi connectivity index (χ0n) is 17.7. The van der Waals surface area contributed by atoms with Gasteiger partial charge < -0.3 is 14.2 Å². The normalized spacial score (nSPS) is 11.9. The third-order valence-corrected chi connectivity index (χ3v) is 6.35. The highest BCUT2D eigenvalue weighted by Gasteiger charge is 2.11. The molecule has 0 spiro atoms. The predicted molar refractivity (Wildman–Crippen MR) is 131 cm³/mol. The molecule has 0 aliphatic carbocycles. The van der Waals surface area contributed by atoms with Crippen LogP contribution in [0.1, 0.15) is 5.56 Å². The molecular formula is C25H19ClN2O4S. The molecule has 5 aromatic rings. The summed E-state index contributed by atoms with van der Waals surface area (Å²) in [7, 11) is 1.58. The van der Waals surface area contributed by atoms with E-state index in [1.807, 2.05) is 66.7 Å². The standard InChI is InChI=1S/C25H19ClN2O4S/c1-30-22-14-16(10-11-21(22)32-13-12-31-20-9-5-2-6-17(20)26)15-23-24(29)28-19-8-4-3-7-18(19)27-25(28)33-23/h2-11,14-15H,12-13H2,1H3/b23-15+. The smallest absolute Gasteiger partial charge is 0.274 e. The van der Waals surface area contributed by atoms with Crippen molar-refractivity contribution in [1.29, 1.82) is 0 Å². The highest BCUT2D eigenvalue weighted by Crippen LogP contribution is 2.29. The predicted octanol–water partition coefficient (Wildman–Crippen LogP) is 4.58. The van der Waals surface area contributed by atoms with Crippen LogP contribution in [0.15, 0.2) is 71.5 Å². The fraction of sp³-hybridized carbons (Fsp3) is 0.120. The summed E-state index contributed by atoms with van der Waals surface area (Å²) in [6.45, 7) is 0.661. The highest BCUT2D eigenvalue weighted by molar-refractivity contribution is 7.15. The fourth-order valence-electron chi connectivity index (χ4n) is 3.52. The summed E-state index contributed by atoms with van der Waals surface area (Å²) in [5.41, 5.74) is 2.37. The number of para-hydroxylation sites is 3. The molecule has 2 heterocycles. The number of fused-ring (bicyclic) bond motifs is 3. The van der Waals surface area contributed by atoms with E-state index in [-0.39, 0.29) is 5.56 Å². The van der Waals surface area contributed by atoms with Crippen LogP contribution in [0, 0.1) is 0 Å². The molecule has 0 aliphatic heterocycles. The van der Waals surface area contributed by atoms with E-state index in [1.54, 1.807) is 17.6 Å². The van der Waals surface area contributed by atoms with Crippen LogP contribution in [0.2, 0.25) is 5.02 Å². The van der Waals surface area contributed by atoms with Gasteiger partial charge >= 0.3 is 0 Å². The zero-order valence-corrected chi connectivity index (χ0v) is 19.2. The van der Waals surface area contributed by atoms with Crippen molar-refractivity contribution in [2.45, 2.75) is 0 Å². The SMILES string of the molecule is COc1cc(/C=c2/sc3nc4ccccc4n3c2=O)ccc1OCCOc1ccccc1Cl. The van der Waals surface area contributed by atoms with E-state index in [0.29, 0.717) is 45.0 Å². The number of benzene rings is 3. The second-order valence-corrected chi connectivity index (χ2v) is 8.59. The lowest BCUT2D eigenvalue weighted by Gasteiger charge is -2.12. The van der Waals surface area contributed by atoms with Crippen molar-refractivity contribution in [1.82, 2.24) is 9.38 Å². The number of halogens is 1. The quantitative estimate of drug-likeness (QED) is 0.320. The Morgan fingerprint density at radius 3 is 2.55 bits per heavy atom. The van der Waals surface area contributed by atoms with Crippen molar-refractivity contribution < 1.29 is 14.2 Å². The summed E-state index contributed by atoms with van der Waals surface area (Å²) in [5, 5.41) is 0.557. The molecule has 0 radical (unpaired) electrons. The number of ether oxygens (including phenoxy) is 3. The number of rotatable bonds is 7. The second-order valence-electron chi connectivity index (χ2n) is 7.17. The minimum Gasteiger partial charge on any atom is -0.493 e. The maximum absolute atomic E-state index is 13.0. The van der Waals surface area contributed by atoms with Crippen molar-refractivity contribution in [3.63, 3.8) is 0 Å². The number of hydrogen-bond donors (Lipinski definition) is 0. The maximum Gasteiger partial charge on any atom is 0.274 e. The van der Waals surface area contributed by atoms with Gasteiger partial charge in [-0.2, -0.15) is 0 Å². The summed E-state index contributed by atoms with van der Waals surface area (Å²) < 4.78 is 19.2. The molecule has 0 fully saturated rings. The molecule has 0 aliphatic rings. The van der Waals surface area contributed by atoms with Crippen LogP contribution >= 0.6 is 22.9 Å². The Morgan fingerprint density at radius 1 is 0.970 bits per heavy atom. The molecule has 0 amide bonds. The van der Waals surface area contributed by atoms with Crippen molar-refractivity contribution in [3.05, 3.63) is 92.2 Å². The average Bonchev–Trinajstić information content (AvgIpc) is 3.34. The molecule has 0 N–H and O–H groups in total. The number of hydrogen-bond acceptors (Lipinski definition) is 6. The van der Waals surface area contributed by atoms with Crippen molar-refractivity contribution in [2.75, 3.05) is 20.3 Å². The molecule has 5 rings (SSSR count). The zero-order chi connectivity index (χ0) is 22.8. The summed E-state index contributed by atoms with van der Waals surface area (Å²) in [6.07, 6.45) is 1.84. The van der Waals surface area contributed by atoms with Gasteiger partial charge in [0.05, 0.1) is 27.7 Å². The number of methoxy groups -OCH3 is 1. The van der Waals surface area contributed by atoms with Gasteiger partial charge in [-0.25, -0.2) is 9.38 Å². The molecule has 166 valence electrons.